The summed E-state index contributed by atoms with van der Waals surface area (Å²) in [5, 5.41) is 11.6. The smallest absolute Gasteiger partial charge is 0.317 e. The molecule has 2 N–H and O–H groups in total. The molecule has 0 aromatic carbocycles. The fourth-order valence-electron chi connectivity index (χ4n) is 1.62. The largest absolute Gasteiger partial charge is 0.481 e. The molecule has 0 radical (unpaired) electrons. The van der Waals surface area contributed by atoms with E-state index in [4.69, 9.17) is 9.52 Å². The molecular weight excluding hydrogens is 248 g/mol. The van der Waals surface area contributed by atoms with Crippen molar-refractivity contribution in [3.63, 3.8) is 0 Å². The second-order valence-corrected chi connectivity index (χ2v) is 4.45. The zero-order valence-electron chi connectivity index (χ0n) is 11.5. The first-order valence-corrected chi connectivity index (χ1v) is 6.25. The molecule has 0 aliphatic rings. The summed E-state index contributed by atoms with van der Waals surface area (Å²) < 4.78 is 5.34. The Morgan fingerprint density at radius 3 is 2.63 bits per heavy atom. The van der Waals surface area contributed by atoms with Crippen LogP contribution in [0.4, 0.5) is 4.79 Å². The highest BCUT2D eigenvalue weighted by Gasteiger charge is 2.19. The minimum atomic E-state index is -0.909. The maximum absolute atomic E-state index is 11.9. The van der Waals surface area contributed by atoms with E-state index in [-0.39, 0.29) is 12.6 Å². The summed E-state index contributed by atoms with van der Waals surface area (Å²) >= 11 is 0. The average molecular weight is 268 g/mol. The maximum atomic E-state index is 11.9. The number of amides is 2. The first kappa shape index (κ1) is 15.1. The van der Waals surface area contributed by atoms with Gasteiger partial charge in [-0.1, -0.05) is 6.92 Å². The number of rotatable bonds is 6. The highest BCUT2D eigenvalue weighted by Crippen LogP contribution is 2.06. The summed E-state index contributed by atoms with van der Waals surface area (Å²) in [6.07, 6.45) is 0. The lowest BCUT2D eigenvalue weighted by atomic mass is 10.2. The second kappa shape index (κ2) is 6.82. The second-order valence-electron chi connectivity index (χ2n) is 4.45. The number of carbonyl (C=O) groups excluding carboxylic acids is 1. The Balaban J connectivity index is 2.47. The van der Waals surface area contributed by atoms with Crippen molar-refractivity contribution in [2.24, 2.45) is 5.92 Å². The van der Waals surface area contributed by atoms with Crippen LogP contribution in [0, 0.1) is 12.8 Å². The maximum Gasteiger partial charge on any atom is 0.317 e. The van der Waals surface area contributed by atoms with Crippen molar-refractivity contribution >= 4 is 12.0 Å². The number of carbonyl (C=O) groups is 2. The van der Waals surface area contributed by atoms with Crippen molar-refractivity contribution in [3.05, 3.63) is 23.7 Å². The quantitative estimate of drug-likeness (QED) is 0.824. The number of aliphatic carboxylic acids is 1. The lowest BCUT2D eigenvalue weighted by Crippen LogP contribution is -2.42. The molecule has 1 atom stereocenters. The third-order valence-electron chi connectivity index (χ3n) is 2.79. The van der Waals surface area contributed by atoms with E-state index in [1.54, 1.807) is 13.0 Å². The van der Waals surface area contributed by atoms with E-state index in [1.165, 1.54) is 4.90 Å². The molecule has 1 aromatic heterocycles. The zero-order valence-corrected chi connectivity index (χ0v) is 11.5. The summed E-state index contributed by atoms with van der Waals surface area (Å²) in [7, 11) is 0. The van der Waals surface area contributed by atoms with Gasteiger partial charge in [0.05, 0.1) is 12.5 Å². The van der Waals surface area contributed by atoms with Gasteiger partial charge in [-0.3, -0.25) is 4.79 Å². The van der Waals surface area contributed by atoms with E-state index < -0.39 is 11.9 Å². The summed E-state index contributed by atoms with van der Waals surface area (Å²) in [4.78, 5) is 24.1. The Bertz CT molecular complexity index is 442. The van der Waals surface area contributed by atoms with Crippen molar-refractivity contribution in [2.75, 3.05) is 13.1 Å². The SMILES string of the molecule is CCN(CC(C)C(=O)O)C(=O)NCc1ccc(C)o1. The molecule has 19 heavy (non-hydrogen) atoms. The van der Waals surface area contributed by atoms with Crippen molar-refractivity contribution < 1.29 is 19.1 Å². The van der Waals surface area contributed by atoms with Crippen molar-refractivity contribution in [1.29, 1.82) is 0 Å². The summed E-state index contributed by atoms with van der Waals surface area (Å²) in [5.41, 5.74) is 0. The van der Waals surface area contributed by atoms with Gasteiger partial charge in [-0.2, -0.15) is 0 Å². The molecule has 0 saturated carbocycles. The first-order chi connectivity index (χ1) is 8.93. The van der Waals surface area contributed by atoms with Crippen LogP contribution in [-0.4, -0.2) is 35.1 Å². The molecule has 6 heteroatoms. The van der Waals surface area contributed by atoms with E-state index in [9.17, 15) is 9.59 Å². The van der Waals surface area contributed by atoms with Gasteiger partial charge in [-0.05, 0) is 26.0 Å². The van der Waals surface area contributed by atoms with Crippen LogP contribution in [0.15, 0.2) is 16.5 Å². The third-order valence-corrected chi connectivity index (χ3v) is 2.79. The molecule has 6 nitrogen and oxygen atoms in total. The topological polar surface area (TPSA) is 82.8 Å². The minimum absolute atomic E-state index is 0.189. The normalized spacial score (nSPS) is 11.9. The Kier molecular flexibility index (Phi) is 5.41. The van der Waals surface area contributed by atoms with Gasteiger partial charge in [-0.15, -0.1) is 0 Å². The van der Waals surface area contributed by atoms with Crippen LogP contribution in [0.3, 0.4) is 0 Å². The lowest BCUT2D eigenvalue weighted by Gasteiger charge is -2.22. The summed E-state index contributed by atoms with van der Waals surface area (Å²) in [6.45, 7) is 6.16. The number of nitrogens with one attached hydrogen (secondary N) is 1. The Labute approximate surface area is 112 Å². The first-order valence-electron chi connectivity index (χ1n) is 6.25. The van der Waals surface area contributed by atoms with E-state index in [2.05, 4.69) is 5.32 Å². The standard InChI is InChI=1S/C13H20N2O4/c1-4-15(8-9(2)12(16)17)13(18)14-7-11-6-5-10(3)19-11/h5-6,9H,4,7-8H2,1-3H3,(H,14,18)(H,16,17). The van der Waals surface area contributed by atoms with Gasteiger partial charge in [0, 0.05) is 13.1 Å². The highest BCUT2D eigenvalue weighted by molar-refractivity contribution is 5.75. The van der Waals surface area contributed by atoms with E-state index in [0.717, 1.165) is 5.76 Å². The number of aryl methyl sites for hydroxylation is 1. The van der Waals surface area contributed by atoms with Crippen LogP contribution in [0.2, 0.25) is 0 Å². The third kappa shape index (κ3) is 4.65. The van der Waals surface area contributed by atoms with E-state index in [0.29, 0.717) is 18.8 Å². The molecule has 0 aliphatic carbocycles. The van der Waals surface area contributed by atoms with Crippen molar-refractivity contribution in [2.45, 2.75) is 27.3 Å². The molecule has 0 spiro atoms. The molecule has 1 unspecified atom stereocenters. The van der Waals surface area contributed by atoms with Crippen LogP contribution in [0.25, 0.3) is 0 Å². The molecule has 0 fully saturated rings. The van der Waals surface area contributed by atoms with Gasteiger partial charge in [0.1, 0.15) is 11.5 Å². The van der Waals surface area contributed by atoms with Crippen molar-refractivity contribution in [1.82, 2.24) is 10.2 Å². The molecule has 0 aliphatic heterocycles. The van der Waals surface area contributed by atoms with Crippen LogP contribution in [-0.2, 0) is 11.3 Å². The number of hydrogen-bond donors (Lipinski definition) is 2. The lowest BCUT2D eigenvalue weighted by molar-refractivity contribution is -0.141. The molecule has 2 amide bonds. The fraction of sp³-hybridized carbons (Fsp3) is 0.538. The molecule has 1 heterocycles. The highest BCUT2D eigenvalue weighted by atomic mass is 16.4. The summed E-state index contributed by atoms with van der Waals surface area (Å²) in [6, 6.07) is 3.34. The minimum Gasteiger partial charge on any atom is -0.481 e. The number of furan rings is 1. The molecule has 1 rings (SSSR count). The van der Waals surface area contributed by atoms with Gasteiger partial charge < -0.3 is 19.7 Å². The molecule has 1 aromatic rings. The molecular formula is C13H20N2O4. The average Bonchev–Trinajstić information content (AvgIpc) is 2.78. The Hall–Kier alpha value is -1.98. The number of nitrogens with zero attached hydrogens (tertiary/aromatic N) is 1. The van der Waals surface area contributed by atoms with Gasteiger partial charge >= 0.3 is 12.0 Å². The monoisotopic (exact) mass is 268 g/mol. The number of carboxylic acids is 1. The number of urea groups is 1. The Morgan fingerprint density at radius 2 is 2.16 bits per heavy atom. The predicted octanol–water partition coefficient (Wildman–Crippen LogP) is 1.84. The van der Waals surface area contributed by atoms with Gasteiger partial charge in [0.15, 0.2) is 0 Å². The van der Waals surface area contributed by atoms with Crippen molar-refractivity contribution in [3.8, 4) is 0 Å². The molecule has 0 saturated heterocycles. The number of hydrogen-bond acceptors (Lipinski definition) is 3. The van der Waals surface area contributed by atoms with Gasteiger partial charge in [0.25, 0.3) is 0 Å². The van der Waals surface area contributed by atoms with Crippen LogP contribution in [0.5, 0.6) is 0 Å². The van der Waals surface area contributed by atoms with E-state index in [1.807, 2.05) is 19.9 Å². The van der Waals surface area contributed by atoms with Gasteiger partial charge in [-0.25, -0.2) is 4.79 Å². The molecule has 106 valence electrons. The van der Waals surface area contributed by atoms with Gasteiger partial charge in [0.2, 0.25) is 0 Å². The molecule has 0 bridgehead atoms. The Morgan fingerprint density at radius 1 is 1.47 bits per heavy atom. The fourth-order valence-corrected chi connectivity index (χ4v) is 1.62. The van der Waals surface area contributed by atoms with E-state index >= 15 is 0 Å². The predicted molar refractivity (Wildman–Crippen MR) is 69.7 cm³/mol. The summed E-state index contributed by atoms with van der Waals surface area (Å²) in [5.74, 6) is -0.0336. The van der Waals surface area contributed by atoms with Crippen LogP contribution >= 0.6 is 0 Å². The van der Waals surface area contributed by atoms with Crippen LogP contribution in [0.1, 0.15) is 25.4 Å². The van der Waals surface area contributed by atoms with Crippen LogP contribution < -0.4 is 5.32 Å². The zero-order chi connectivity index (χ0) is 14.4. The number of carboxylic acid groups (broad SMARTS) is 1.